The normalized spacial score (nSPS) is 14.5. The van der Waals surface area contributed by atoms with E-state index in [9.17, 15) is 0 Å². The van der Waals surface area contributed by atoms with Gasteiger partial charge in [0, 0.05) is 19.1 Å². The minimum atomic E-state index is 0.0820. The first-order chi connectivity index (χ1) is 10.1. The second-order valence-electron chi connectivity index (χ2n) is 6.08. The molecule has 2 rings (SSSR count). The summed E-state index contributed by atoms with van der Waals surface area (Å²) in [5, 5.41) is 2.55. The zero-order chi connectivity index (χ0) is 15.2. The van der Waals surface area contributed by atoms with Crippen LogP contribution in [0, 0.1) is 5.92 Å². The van der Waals surface area contributed by atoms with Crippen molar-refractivity contribution in [1.82, 2.24) is 4.90 Å². The first-order valence-electron chi connectivity index (χ1n) is 8.10. The summed E-state index contributed by atoms with van der Waals surface area (Å²) in [6.07, 6.45) is 1.22. The summed E-state index contributed by atoms with van der Waals surface area (Å²) in [5.74, 6) is 0.730. The van der Waals surface area contributed by atoms with E-state index in [0.29, 0.717) is 0 Å². The molecular weight excluding hydrogens is 256 g/mol. The van der Waals surface area contributed by atoms with Gasteiger partial charge < -0.3 is 10.6 Å². The number of fused-ring (bicyclic) bond motifs is 1. The lowest BCUT2D eigenvalue weighted by atomic mass is 10.0. The molecule has 2 unspecified atom stereocenters. The zero-order valence-electron chi connectivity index (χ0n) is 13.5. The summed E-state index contributed by atoms with van der Waals surface area (Å²) in [7, 11) is 0. The van der Waals surface area contributed by atoms with Crippen LogP contribution in [-0.4, -0.2) is 24.5 Å². The molecule has 0 aliphatic rings. The molecular formula is C19H28N2. The molecule has 0 aliphatic heterocycles. The monoisotopic (exact) mass is 284 g/mol. The van der Waals surface area contributed by atoms with Gasteiger partial charge in [0.2, 0.25) is 0 Å². The summed E-state index contributed by atoms with van der Waals surface area (Å²) in [6.45, 7) is 9.90. The number of nitrogens with two attached hydrogens (primary N) is 1. The minimum Gasteiger partial charge on any atom is -0.323 e. The SMILES string of the molecule is CCC(C)CN(CC)CC(N)c1ccc2ccccc2c1. The maximum Gasteiger partial charge on any atom is 0.0424 e. The van der Waals surface area contributed by atoms with Crippen molar-refractivity contribution in [1.29, 1.82) is 0 Å². The Labute approximate surface area is 128 Å². The highest BCUT2D eigenvalue weighted by Gasteiger charge is 2.13. The topological polar surface area (TPSA) is 29.3 Å². The summed E-state index contributed by atoms with van der Waals surface area (Å²) in [5.41, 5.74) is 7.67. The number of likely N-dealkylation sites (N-methyl/N-ethyl adjacent to an activating group) is 1. The second kappa shape index (κ2) is 7.58. The molecule has 0 spiro atoms. The van der Waals surface area contributed by atoms with Crippen LogP contribution in [0.25, 0.3) is 10.8 Å². The highest BCUT2D eigenvalue weighted by molar-refractivity contribution is 5.83. The van der Waals surface area contributed by atoms with Crippen molar-refractivity contribution in [3.63, 3.8) is 0 Å². The molecule has 2 aromatic rings. The van der Waals surface area contributed by atoms with Gasteiger partial charge in [-0.25, -0.2) is 0 Å². The number of hydrogen-bond donors (Lipinski definition) is 1. The zero-order valence-corrected chi connectivity index (χ0v) is 13.5. The Morgan fingerprint density at radius 2 is 1.71 bits per heavy atom. The Balaban J connectivity index is 2.08. The fraction of sp³-hybridized carbons (Fsp3) is 0.474. The molecule has 0 saturated heterocycles. The van der Waals surface area contributed by atoms with Crippen LogP contribution in [0.15, 0.2) is 42.5 Å². The third-order valence-corrected chi connectivity index (χ3v) is 4.37. The Hall–Kier alpha value is -1.38. The Kier molecular flexibility index (Phi) is 5.77. The van der Waals surface area contributed by atoms with Crippen molar-refractivity contribution < 1.29 is 0 Å². The summed E-state index contributed by atoms with van der Waals surface area (Å²) >= 11 is 0. The van der Waals surface area contributed by atoms with Crippen LogP contribution in [0.2, 0.25) is 0 Å². The van der Waals surface area contributed by atoms with E-state index in [-0.39, 0.29) is 6.04 Å². The molecule has 0 fully saturated rings. The van der Waals surface area contributed by atoms with Crippen LogP contribution < -0.4 is 5.73 Å². The average molecular weight is 284 g/mol. The van der Waals surface area contributed by atoms with Gasteiger partial charge in [0.1, 0.15) is 0 Å². The minimum absolute atomic E-state index is 0.0820. The number of nitrogens with zero attached hydrogens (tertiary/aromatic N) is 1. The predicted molar refractivity (Wildman–Crippen MR) is 92.4 cm³/mol. The second-order valence-corrected chi connectivity index (χ2v) is 6.08. The van der Waals surface area contributed by atoms with Gasteiger partial charge in [0.25, 0.3) is 0 Å². The lowest BCUT2D eigenvalue weighted by Gasteiger charge is -2.27. The maximum atomic E-state index is 6.44. The molecule has 0 bridgehead atoms. The first-order valence-corrected chi connectivity index (χ1v) is 8.10. The van der Waals surface area contributed by atoms with Gasteiger partial charge in [-0.05, 0) is 34.9 Å². The van der Waals surface area contributed by atoms with E-state index in [1.165, 1.54) is 22.8 Å². The summed E-state index contributed by atoms with van der Waals surface area (Å²) in [6, 6.07) is 15.1. The van der Waals surface area contributed by atoms with Gasteiger partial charge in [-0.2, -0.15) is 0 Å². The summed E-state index contributed by atoms with van der Waals surface area (Å²) < 4.78 is 0. The number of rotatable bonds is 7. The van der Waals surface area contributed by atoms with Crippen molar-refractivity contribution in [2.75, 3.05) is 19.6 Å². The van der Waals surface area contributed by atoms with Crippen molar-refractivity contribution in [2.45, 2.75) is 33.2 Å². The van der Waals surface area contributed by atoms with Crippen LogP contribution in [0.5, 0.6) is 0 Å². The third-order valence-electron chi connectivity index (χ3n) is 4.37. The van der Waals surface area contributed by atoms with E-state index in [2.05, 4.69) is 68.1 Å². The predicted octanol–water partition coefficient (Wildman–Crippen LogP) is 4.21. The quantitative estimate of drug-likeness (QED) is 0.825. The first kappa shape index (κ1) is 16.0. The van der Waals surface area contributed by atoms with Crippen molar-refractivity contribution in [3.05, 3.63) is 48.0 Å². The molecule has 114 valence electrons. The Morgan fingerprint density at radius 3 is 2.38 bits per heavy atom. The van der Waals surface area contributed by atoms with Gasteiger partial charge in [-0.15, -0.1) is 0 Å². The molecule has 2 N–H and O–H groups in total. The Morgan fingerprint density at radius 1 is 1.00 bits per heavy atom. The molecule has 0 aromatic heterocycles. The molecule has 0 aliphatic carbocycles. The average Bonchev–Trinajstić information content (AvgIpc) is 2.53. The third kappa shape index (κ3) is 4.29. The lowest BCUT2D eigenvalue weighted by molar-refractivity contribution is 0.232. The highest BCUT2D eigenvalue weighted by atomic mass is 15.1. The fourth-order valence-corrected chi connectivity index (χ4v) is 2.72. The largest absolute Gasteiger partial charge is 0.323 e. The van der Waals surface area contributed by atoms with Crippen LogP contribution in [-0.2, 0) is 0 Å². The van der Waals surface area contributed by atoms with Gasteiger partial charge in [-0.3, -0.25) is 0 Å². The van der Waals surface area contributed by atoms with E-state index in [1.807, 2.05) is 0 Å². The smallest absolute Gasteiger partial charge is 0.0424 e. The van der Waals surface area contributed by atoms with Gasteiger partial charge >= 0.3 is 0 Å². The molecule has 21 heavy (non-hydrogen) atoms. The highest BCUT2D eigenvalue weighted by Crippen LogP contribution is 2.20. The van der Waals surface area contributed by atoms with E-state index < -0.39 is 0 Å². The van der Waals surface area contributed by atoms with Gasteiger partial charge in [-0.1, -0.05) is 63.6 Å². The summed E-state index contributed by atoms with van der Waals surface area (Å²) in [4.78, 5) is 2.47. The van der Waals surface area contributed by atoms with Crippen molar-refractivity contribution in [2.24, 2.45) is 11.7 Å². The maximum absolute atomic E-state index is 6.44. The van der Waals surface area contributed by atoms with Crippen LogP contribution in [0.4, 0.5) is 0 Å². The molecule has 0 saturated carbocycles. The van der Waals surface area contributed by atoms with E-state index in [0.717, 1.165) is 25.6 Å². The standard InChI is InChI=1S/C19H28N2/c1-4-15(3)13-21(5-2)14-19(20)18-11-10-16-8-6-7-9-17(16)12-18/h6-12,15,19H,4-5,13-14,20H2,1-3H3. The van der Waals surface area contributed by atoms with E-state index in [1.54, 1.807) is 0 Å². The van der Waals surface area contributed by atoms with E-state index >= 15 is 0 Å². The van der Waals surface area contributed by atoms with E-state index in [4.69, 9.17) is 5.73 Å². The Bertz CT molecular complexity index is 564. The molecule has 2 heteroatoms. The molecule has 2 nitrogen and oxygen atoms in total. The molecule has 0 heterocycles. The van der Waals surface area contributed by atoms with Crippen LogP contribution in [0.3, 0.4) is 0 Å². The molecule has 2 atom stereocenters. The van der Waals surface area contributed by atoms with Crippen LogP contribution >= 0.6 is 0 Å². The number of benzene rings is 2. The molecule has 2 aromatic carbocycles. The lowest BCUT2D eigenvalue weighted by Crippen LogP contribution is -2.35. The van der Waals surface area contributed by atoms with Crippen molar-refractivity contribution in [3.8, 4) is 0 Å². The van der Waals surface area contributed by atoms with Crippen LogP contribution in [0.1, 0.15) is 38.8 Å². The van der Waals surface area contributed by atoms with Crippen molar-refractivity contribution >= 4 is 10.8 Å². The molecule has 0 amide bonds. The number of hydrogen-bond acceptors (Lipinski definition) is 2. The van der Waals surface area contributed by atoms with Gasteiger partial charge in [0.05, 0.1) is 0 Å². The van der Waals surface area contributed by atoms with Gasteiger partial charge in [0.15, 0.2) is 0 Å². The molecule has 0 radical (unpaired) electrons. The fourth-order valence-electron chi connectivity index (χ4n) is 2.72.